The monoisotopic (exact) mass is 395 g/mol. The minimum atomic E-state index is -1.25. The lowest BCUT2D eigenvalue weighted by Crippen LogP contribution is -2.37. The predicted octanol–water partition coefficient (Wildman–Crippen LogP) is -0.929. The van der Waals surface area contributed by atoms with Crippen molar-refractivity contribution in [2.75, 3.05) is 6.61 Å². The molecule has 0 radical (unpaired) electrons. The van der Waals surface area contributed by atoms with Crippen LogP contribution < -0.4 is 11.2 Å². The Morgan fingerprint density at radius 1 is 1.60 bits per heavy atom. The maximum atomic E-state index is 11.8. The summed E-state index contributed by atoms with van der Waals surface area (Å²) in [5.41, 5.74) is 7.21. The lowest BCUT2D eigenvalue weighted by Gasteiger charge is -2.17. The van der Waals surface area contributed by atoms with Gasteiger partial charge in [0.2, 0.25) is 0 Å². The molecule has 1 aromatic rings. The molecule has 1 aliphatic heterocycles. The maximum absolute atomic E-state index is 11.8. The SMILES string of the molecule is [N-]=[N+]=N[C@@H]1[C@H](O)[C@@H](CO)O[C@H]1n1cc(I)c(=O)[nH]c1=O. The molecular formula is C9H10IN5O5. The van der Waals surface area contributed by atoms with Crippen LogP contribution in [0.15, 0.2) is 20.9 Å². The standard InChI is InChI=1S/C9H10IN5O5/c10-3-1-15(9(19)12-7(3)18)8-5(13-14-11)6(17)4(2-16)20-8/h1,4-6,8,16-17H,2H2,(H,12,18,19)/t4-,5-,6-,8-/m1/s1. The van der Waals surface area contributed by atoms with Crippen molar-refractivity contribution in [3.63, 3.8) is 0 Å². The van der Waals surface area contributed by atoms with Gasteiger partial charge in [-0.1, -0.05) is 5.11 Å². The summed E-state index contributed by atoms with van der Waals surface area (Å²) in [5.74, 6) is 0. The average Bonchev–Trinajstić information content (AvgIpc) is 2.72. The molecule has 1 aromatic heterocycles. The lowest BCUT2D eigenvalue weighted by molar-refractivity contribution is -0.0465. The Labute approximate surface area is 124 Å². The second kappa shape index (κ2) is 5.93. The van der Waals surface area contributed by atoms with E-state index in [4.69, 9.17) is 15.4 Å². The summed E-state index contributed by atoms with van der Waals surface area (Å²) in [6, 6.07) is -1.09. The Balaban J connectivity index is 2.50. The van der Waals surface area contributed by atoms with Gasteiger partial charge in [-0.15, -0.1) is 0 Å². The van der Waals surface area contributed by atoms with E-state index in [2.05, 4.69) is 15.0 Å². The molecule has 4 atom stereocenters. The van der Waals surface area contributed by atoms with Crippen LogP contribution in [0.5, 0.6) is 0 Å². The topological polar surface area (TPSA) is 153 Å². The minimum Gasteiger partial charge on any atom is -0.394 e. The van der Waals surface area contributed by atoms with Crippen LogP contribution in [0.3, 0.4) is 0 Å². The summed E-state index contributed by atoms with van der Waals surface area (Å²) in [6.07, 6.45) is -2.10. The molecule has 0 saturated carbocycles. The molecule has 1 saturated heterocycles. The number of hydrogen-bond donors (Lipinski definition) is 3. The van der Waals surface area contributed by atoms with Crippen LogP contribution in [0.25, 0.3) is 10.4 Å². The third-order valence-electron chi connectivity index (χ3n) is 2.90. The minimum absolute atomic E-state index is 0.229. The highest BCUT2D eigenvalue weighted by atomic mass is 127. The first kappa shape index (κ1) is 15.0. The van der Waals surface area contributed by atoms with Crippen molar-refractivity contribution in [3.05, 3.63) is 41.0 Å². The van der Waals surface area contributed by atoms with Crippen molar-refractivity contribution < 1.29 is 14.9 Å². The fraction of sp³-hybridized carbons (Fsp3) is 0.556. The van der Waals surface area contributed by atoms with E-state index in [0.717, 1.165) is 4.57 Å². The number of halogens is 1. The van der Waals surface area contributed by atoms with Gasteiger partial charge in [0, 0.05) is 11.1 Å². The summed E-state index contributed by atoms with van der Waals surface area (Å²) in [6.45, 7) is -0.496. The van der Waals surface area contributed by atoms with Gasteiger partial charge in [0.05, 0.1) is 16.3 Å². The number of aliphatic hydroxyl groups excluding tert-OH is 2. The fourth-order valence-electron chi connectivity index (χ4n) is 1.94. The molecule has 0 unspecified atom stereocenters. The molecule has 20 heavy (non-hydrogen) atoms. The van der Waals surface area contributed by atoms with E-state index in [1.54, 1.807) is 22.6 Å². The zero-order chi connectivity index (χ0) is 14.9. The Bertz CT molecular complexity index is 665. The molecule has 1 fully saturated rings. The molecule has 0 aliphatic carbocycles. The van der Waals surface area contributed by atoms with Gasteiger partial charge < -0.3 is 14.9 Å². The molecule has 1 aliphatic rings. The van der Waals surface area contributed by atoms with Crippen LogP contribution in [-0.2, 0) is 4.74 Å². The van der Waals surface area contributed by atoms with Crippen LogP contribution in [0.1, 0.15) is 6.23 Å². The highest BCUT2D eigenvalue weighted by Gasteiger charge is 2.44. The molecule has 108 valence electrons. The Morgan fingerprint density at radius 3 is 2.90 bits per heavy atom. The molecule has 0 amide bonds. The van der Waals surface area contributed by atoms with Gasteiger partial charge in [0.1, 0.15) is 18.4 Å². The Kier molecular flexibility index (Phi) is 4.45. The third-order valence-corrected chi connectivity index (χ3v) is 3.67. The van der Waals surface area contributed by atoms with Crippen LogP contribution in [-0.4, -0.2) is 44.6 Å². The van der Waals surface area contributed by atoms with Crippen LogP contribution in [0, 0.1) is 3.57 Å². The maximum Gasteiger partial charge on any atom is 0.330 e. The molecule has 11 heteroatoms. The molecular weight excluding hydrogens is 385 g/mol. The summed E-state index contributed by atoms with van der Waals surface area (Å²) in [7, 11) is 0. The molecule has 0 spiro atoms. The van der Waals surface area contributed by atoms with Gasteiger partial charge >= 0.3 is 5.69 Å². The molecule has 3 N–H and O–H groups in total. The Hall–Kier alpha value is -1.40. The number of rotatable bonds is 3. The van der Waals surface area contributed by atoms with E-state index in [0.29, 0.717) is 0 Å². The molecule has 0 bridgehead atoms. The van der Waals surface area contributed by atoms with Gasteiger partial charge in [0.25, 0.3) is 5.56 Å². The van der Waals surface area contributed by atoms with Gasteiger partial charge in [-0.05, 0) is 28.1 Å². The zero-order valence-electron chi connectivity index (χ0n) is 9.88. The van der Waals surface area contributed by atoms with Crippen molar-refractivity contribution in [1.82, 2.24) is 9.55 Å². The fourth-order valence-corrected chi connectivity index (χ4v) is 2.38. The van der Waals surface area contributed by atoms with Crippen LogP contribution in [0.4, 0.5) is 0 Å². The zero-order valence-corrected chi connectivity index (χ0v) is 12.0. The largest absolute Gasteiger partial charge is 0.394 e. The summed E-state index contributed by atoms with van der Waals surface area (Å²) < 4.78 is 6.57. The van der Waals surface area contributed by atoms with Crippen molar-refractivity contribution in [2.45, 2.75) is 24.5 Å². The summed E-state index contributed by atoms with van der Waals surface area (Å²) in [5, 5.41) is 22.4. The predicted molar refractivity (Wildman–Crippen MR) is 74.0 cm³/mol. The lowest BCUT2D eigenvalue weighted by atomic mass is 10.1. The number of H-pyrrole nitrogens is 1. The number of azide groups is 1. The van der Waals surface area contributed by atoms with E-state index >= 15 is 0 Å². The van der Waals surface area contributed by atoms with E-state index in [1.165, 1.54) is 6.20 Å². The first-order valence-corrected chi connectivity index (χ1v) is 6.57. The van der Waals surface area contributed by atoms with Gasteiger partial charge in [-0.3, -0.25) is 14.3 Å². The summed E-state index contributed by atoms with van der Waals surface area (Å²) >= 11 is 1.73. The van der Waals surface area contributed by atoms with Crippen molar-refractivity contribution in [1.29, 1.82) is 0 Å². The second-order valence-corrected chi connectivity index (χ2v) is 5.24. The number of ether oxygens (including phenoxy) is 1. The summed E-state index contributed by atoms with van der Waals surface area (Å²) in [4.78, 5) is 27.8. The number of nitrogens with zero attached hydrogens (tertiary/aromatic N) is 4. The smallest absolute Gasteiger partial charge is 0.330 e. The second-order valence-electron chi connectivity index (χ2n) is 4.08. The number of aromatic amines is 1. The first-order valence-electron chi connectivity index (χ1n) is 5.49. The number of nitrogens with one attached hydrogen (secondary N) is 1. The van der Waals surface area contributed by atoms with Gasteiger partial charge in [-0.25, -0.2) is 4.79 Å². The van der Waals surface area contributed by atoms with Crippen molar-refractivity contribution in [2.24, 2.45) is 5.11 Å². The van der Waals surface area contributed by atoms with Crippen molar-refractivity contribution in [3.8, 4) is 0 Å². The van der Waals surface area contributed by atoms with E-state index in [9.17, 15) is 14.7 Å². The highest BCUT2D eigenvalue weighted by molar-refractivity contribution is 14.1. The number of aliphatic hydroxyl groups is 2. The quantitative estimate of drug-likeness (QED) is 0.261. The first-order chi connectivity index (χ1) is 9.49. The molecule has 2 rings (SSSR count). The highest BCUT2D eigenvalue weighted by Crippen LogP contribution is 2.30. The average molecular weight is 395 g/mol. The van der Waals surface area contributed by atoms with Crippen molar-refractivity contribution >= 4 is 22.6 Å². The molecule has 2 heterocycles. The van der Waals surface area contributed by atoms with Gasteiger partial charge in [-0.2, -0.15) is 0 Å². The van der Waals surface area contributed by atoms with Crippen LogP contribution in [0.2, 0.25) is 0 Å². The van der Waals surface area contributed by atoms with E-state index in [-0.39, 0.29) is 3.57 Å². The third kappa shape index (κ3) is 2.58. The normalized spacial score (nSPS) is 29.1. The number of hydrogen-bond acceptors (Lipinski definition) is 6. The van der Waals surface area contributed by atoms with Crippen LogP contribution >= 0.6 is 22.6 Å². The van der Waals surface area contributed by atoms with E-state index < -0.39 is 42.3 Å². The number of aromatic nitrogens is 2. The Morgan fingerprint density at radius 2 is 2.30 bits per heavy atom. The molecule has 10 nitrogen and oxygen atoms in total. The van der Waals surface area contributed by atoms with Gasteiger partial charge in [0.15, 0.2) is 0 Å². The van der Waals surface area contributed by atoms with E-state index in [1.807, 2.05) is 0 Å². The molecule has 0 aromatic carbocycles.